The summed E-state index contributed by atoms with van der Waals surface area (Å²) in [5.41, 5.74) is 1.88. The van der Waals surface area contributed by atoms with E-state index in [0.29, 0.717) is 5.82 Å². The molecule has 3 rings (SSSR count). The average molecular weight is 258 g/mol. The maximum atomic E-state index is 11.2. The number of methoxy groups -OCH3 is 1. The SMILES string of the molecule is COc1cccc(-c2nc(C(=O)O)c3n2CCC3)c1. The van der Waals surface area contributed by atoms with E-state index in [1.165, 1.54) is 0 Å². The summed E-state index contributed by atoms with van der Waals surface area (Å²) in [6.45, 7) is 0.822. The first-order valence-corrected chi connectivity index (χ1v) is 6.18. The normalized spacial score (nSPS) is 13.3. The number of aromatic nitrogens is 2. The average Bonchev–Trinajstić information content (AvgIpc) is 2.99. The molecule has 5 nitrogen and oxygen atoms in total. The van der Waals surface area contributed by atoms with Crippen LogP contribution in [0.4, 0.5) is 0 Å². The molecule has 1 N–H and O–H groups in total. The first-order chi connectivity index (χ1) is 9.20. The second kappa shape index (κ2) is 4.42. The van der Waals surface area contributed by atoms with E-state index < -0.39 is 5.97 Å². The molecule has 0 saturated heterocycles. The molecule has 0 unspecified atom stereocenters. The van der Waals surface area contributed by atoms with E-state index in [9.17, 15) is 9.90 Å². The number of aromatic carboxylic acids is 1. The number of nitrogens with zero attached hydrogens (tertiary/aromatic N) is 2. The minimum atomic E-state index is -0.959. The molecule has 0 saturated carbocycles. The molecule has 0 atom stereocenters. The van der Waals surface area contributed by atoms with Gasteiger partial charge in [0, 0.05) is 12.1 Å². The number of ether oxygens (including phenoxy) is 1. The molecular weight excluding hydrogens is 244 g/mol. The third kappa shape index (κ3) is 1.87. The number of benzene rings is 1. The van der Waals surface area contributed by atoms with E-state index in [4.69, 9.17) is 4.74 Å². The lowest BCUT2D eigenvalue weighted by molar-refractivity contribution is 0.0690. The molecule has 2 heterocycles. The van der Waals surface area contributed by atoms with Crippen LogP contribution in [0.2, 0.25) is 0 Å². The van der Waals surface area contributed by atoms with Gasteiger partial charge < -0.3 is 14.4 Å². The van der Waals surface area contributed by atoms with Gasteiger partial charge in [0.15, 0.2) is 5.69 Å². The largest absolute Gasteiger partial charge is 0.497 e. The summed E-state index contributed by atoms with van der Waals surface area (Å²) in [5.74, 6) is 0.494. The van der Waals surface area contributed by atoms with Crippen molar-refractivity contribution < 1.29 is 14.6 Å². The minimum absolute atomic E-state index is 0.176. The fraction of sp³-hybridized carbons (Fsp3) is 0.286. The van der Waals surface area contributed by atoms with Gasteiger partial charge in [-0.15, -0.1) is 0 Å². The van der Waals surface area contributed by atoms with Crippen molar-refractivity contribution in [2.75, 3.05) is 7.11 Å². The fourth-order valence-electron chi connectivity index (χ4n) is 2.54. The molecular formula is C14H14N2O3. The van der Waals surface area contributed by atoms with Crippen LogP contribution in [-0.4, -0.2) is 27.7 Å². The second-order valence-electron chi connectivity index (χ2n) is 4.52. The number of rotatable bonds is 3. The zero-order valence-corrected chi connectivity index (χ0v) is 10.6. The Bertz CT molecular complexity index is 646. The van der Waals surface area contributed by atoms with Crippen LogP contribution >= 0.6 is 0 Å². The standard InChI is InChI=1S/C14H14N2O3/c1-19-10-5-2-4-9(8-10)13-15-12(14(17)18)11-6-3-7-16(11)13/h2,4-5,8H,3,6-7H2,1H3,(H,17,18). The van der Waals surface area contributed by atoms with Gasteiger partial charge in [-0.3, -0.25) is 0 Å². The Hall–Kier alpha value is -2.30. The highest BCUT2D eigenvalue weighted by Gasteiger charge is 2.25. The second-order valence-corrected chi connectivity index (χ2v) is 4.52. The summed E-state index contributed by atoms with van der Waals surface area (Å²) >= 11 is 0. The Morgan fingerprint density at radius 1 is 1.47 bits per heavy atom. The molecule has 0 aliphatic carbocycles. The van der Waals surface area contributed by atoms with E-state index in [-0.39, 0.29) is 5.69 Å². The Morgan fingerprint density at radius 2 is 2.32 bits per heavy atom. The molecule has 2 aromatic rings. The van der Waals surface area contributed by atoms with Gasteiger partial charge in [-0.05, 0) is 25.0 Å². The maximum Gasteiger partial charge on any atom is 0.356 e. The molecule has 0 radical (unpaired) electrons. The fourth-order valence-corrected chi connectivity index (χ4v) is 2.54. The van der Waals surface area contributed by atoms with Crippen molar-refractivity contribution in [3.63, 3.8) is 0 Å². The third-order valence-corrected chi connectivity index (χ3v) is 3.40. The first kappa shape index (κ1) is 11.8. The lowest BCUT2D eigenvalue weighted by Gasteiger charge is -2.06. The molecule has 5 heteroatoms. The van der Waals surface area contributed by atoms with Gasteiger partial charge in [0.25, 0.3) is 0 Å². The van der Waals surface area contributed by atoms with E-state index in [0.717, 1.165) is 36.4 Å². The van der Waals surface area contributed by atoms with Crippen LogP contribution in [0, 0.1) is 0 Å². The van der Waals surface area contributed by atoms with E-state index >= 15 is 0 Å². The van der Waals surface area contributed by atoms with E-state index in [2.05, 4.69) is 4.98 Å². The van der Waals surface area contributed by atoms with Gasteiger partial charge in [0.2, 0.25) is 0 Å². The summed E-state index contributed by atoms with van der Waals surface area (Å²) in [6.07, 6.45) is 1.74. The van der Waals surface area contributed by atoms with Gasteiger partial charge in [-0.2, -0.15) is 0 Å². The van der Waals surface area contributed by atoms with Crippen LogP contribution < -0.4 is 4.74 Å². The zero-order chi connectivity index (χ0) is 13.4. The minimum Gasteiger partial charge on any atom is -0.497 e. The number of carbonyl (C=O) groups is 1. The zero-order valence-electron chi connectivity index (χ0n) is 10.6. The summed E-state index contributed by atoms with van der Waals surface area (Å²) in [5, 5.41) is 9.21. The highest BCUT2D eigenvalue weighted by atomic mass is 16.5. The molecule has 1 aliphatic rings. The molecule has 1 aromatic heterocycles. The first-order valence-electron chi connectivity index (χ1n) is 6.18. The smallest absolute Gasteiger partial charge is 0.356 e. The number of imidazole rings is 1. The van der Waals surface area contributed by atoms with Gasteiger partial charge >= 0.3 is 5.97 Å². The predicted octanol–water partition coefficient (Wildman–Crippen LogP) is 2.20. The maximum absolute atomic E-state index is 11.2. The summed E-state index contributed by atoms with van der Waals surface area (Å²) in [7, 11) is 1.61. The van der Waals surface area contributed by atoms with Crippen LogP contribution in [0.25, 0.3) is 11.4 Å². The van der Waals surface area contributed by atoms with E-state index in [1.807, 2.05) is 28.8 Å². The lowest BCUT2D eigenvalue weighted by Crippen LogP contribution is -2.00. The molecule has 0 spiro atoms. The quantitative estimate of drug-likeness (QED) is 0.916. The van der Waals surface area contributed by atoms with Crippen molar-refractivity contribution in [1.29, 1.82) is 0 Å². The van der Waals surface area contributed by atoms with Crippen molar-refractivity contribution in [2.24, 2.45) is 0 Å². The summed E-state index contributed by atoms with van der Waals surface area (Å²) < 4.78 is 7.19. The highest BCUT2D eigenvalue weighted by molar-refractivity contribution is 5.88. The summed E-state index contributed by atoms with van der Waals surface area (Å²) in [6, 6.07) is 7.53. The van der Waals surface area contributed by atoms with Crippen LogP contribution in [0.3, 0.4) is 0 Å². The van der Waals surface area contributed by atoms with Gasteiger partial charge in [-0.1, -0.05) is 12.1 Å². The number of hydrogen-bond donors (Lipinski definition) is 1. The van der Waals surface area contributed by atoms with Crippen LogP contribution in [0.15, 0.2) is 24.3 Å². The highest BCUT2D eigenvalue weighted by Crippen LogP contribution is 2.29. The van der Waals surface area contributed by atoms with Crippen LogP contribution in [-0.2, 0) is 13.0 Å². The monoisotopic (exact) mass is 258 g/mol. The Labute approximate surface area is 110 Å². The number of carboxylic acids is 1. The van der Waals surface area contributed by atoms with Crippen molar-refractivity contribution >= 4 is 5.97 Å². The lowest BCUT2D eigenvalue weighted by atomic mass is 10.2. The topological polar surface area (TPSA) is 64.3 Å². The molecule has 1 aromatic carbocycles. The van der Waals surface area contributed by atoms with Gasteiger partial charge in [0.05, 0.1) is 12.8 Å². The molecule has 0 amide bonds. The Morgan fingerprint density at radius 3 is 3.05 bits per heavy atom. The Kier molecular flexibility index (Phi) is 2.74. The molecule has 0 bridgehead atoms. The van der Waals surface area contributed by atoms with Crippen molar-refractivity contribution in [2.45, 2.75) is 19.4 Å². The molecule has 19 heavy (non-hydrogen) atoms. The Balaban J connectivity index is 2.15. The number of hydrogen-bond acceptors (Lipinski definition) is 3. The van der Waals surface area contributed by atoms with E-state index in [1.54, 1.807) is 7.11 Å². The van der Waals surface area contributed by atoms with Crippen LogP contribution in [0.1, 0.15) is 22.6 Å². The molecule has 1 aliphatic heterocycles. The number of carboxylic acid groups (broad SMARTS) is 1. The number of fused-ring (bicyclic) bond motifs is 1. The van der Waals surface area contributed by atoms with Crippen molar-refractivity contribution in [1.82, 2.24) is 9.55 Å². The van der Waals surface area contributed by atoms with Gasteiger partial charge in [0.1, 0.15) is 11.6 Å². The van der Waals surface area contributed by atoms with Crippen molar-refractivity contribution in [3.05, 3.63) is 35.7 Å². The summed E-state index contributed by atoms with van der Waals surface area (Å²) in [4.78, 5) is 15.5. The molecule has 98 valence electrons. The van der Waals surface area contributed by atoms with Crippen LogP contribution in [0.5, 0.6) is 5.75 Å². The van der Waals surface area contributed by atoms with Crippen molar-refractivity contribution in [3.8, 4) is 17.1 Å². The predicted molar refractivity (Wildman–Crippen MR) is 69.5 cm³/mol. The molecule has 0 fully saturated rings. The van der Waals surface area contributed by atoms with Gasteiger partial charge in [-0.25, -0.2) is 9.78 Å². The third-order valence-electron chi connectivity index (χ3n) is 3.40.